The molecule has 0 spiro atoms. The molecule has 124 valence electrons. The molecule has 0 aliphatic carbocycles. The van der Waals surface area contributed by atoms with Crippen LogP contribution in [0.3, 0.4) is 0 Å². The van der Waals surface area contributed by atoms with Gasteiger partial charge in [0.05, 0.1) is 4.90 Å². The van der Waals surface area contributed by atoms with Gasteiger partial charge in [-0.1, -0.05) is 42.5 Å². The number of amides is 1. The van der Waals surface area contributed by atoms with Gasteiger partial charge in [-0.2, -0.15) is 0 Å². The van der Waals surface area contributed by atoms with Crippen molar-refractivity contribution in [3.8, 4) is 0 Å². The predicted octanol–water partition coefficient (Wildman–Crippen LogP) is 1.69. The van der Waals surface area contributed by atoms with E-state index in [0.717, 1.165) is 9.87 Å². The van der Waals surface area contributed by atoms with E-state index in [1.807, 2.05) is 30.3 Å². The van der Waals surface area contributed by atoms with E-state index in [1.165, 1.54) is 13.1 Å². The van der Waals surface area contributed by atoms with E-state index in [0.29, 0.717) is 5.56 Å². The lowest BCUT2D eigenvalue weighted by Crippen LogP contribution is -2.38. The van der Waals surface area contributed by atoms with Gasteiger partial charge < -0.3 is 10.5 Å². The maximum absolute atomic E-state index is 12.6. The van der Waals surface area contributed by atoms with Crippen LogP contribution in [0.5, 0.6) is 0 Å². The van der Waals surface area contributed by atoms with Gasteiger partial charge in [0.25, 0.3) is 15.9 Å². The topological polar surface area (TPSA) is 89.7 Å². The molecule has 0 unspecified atom stereocenters. The Bertz CT molecular complexity index is 921. The lowest BCUT2D eigenvalue weighted by atomic mass is 10.1. The summed E-state index contributed by atoms with van der Waals surface area (Å²) in [5, 5.41) is 0. The van der Waals surface area contributed by atoms with Crippen LogP contribution >= 0.6 is 0 Å². The van der Waals surface area contributed by atoms with Crippen LogP contribution < -0.4 is 5.73 Å². The molecule has 1 amide bonds. The first-order valence-corrected chi connectivity index (χ1v) is 8.66. The van der Waals surface area contributed by atoms with Crippen LogP contribution in [0.4, 0.5) is 0 Å². The van der Waals surface area contributed by atoms with E-state index in [1.54, 1.807) is 18.2 Å². The molecule has 2 aromatic carbocycles. The minimum absolute atomic E-state index is 0.0839. The summed E-state index contributed by atoms with van der Waals surface area (Å²) in [4.78, 5) is 11.9. The van der Waals surface area contributed by atoms with E-state index in [2.05, 4.69) is 0 Å². The van der Waals surface area contributed by atoms with Gasteiger partial charge in [0.15, 0.2) is 11.5 Å². The second-order valence-corrected chi connectivity index (χ2v) is 7.22. The van der Waals surface area contributed by atoms with Crippen LogP contribution in [-0.2, 0) is 26.2 Å². The molecule has 1 aliphatic rings. The molecule has 0 atom stereocenters. The molecule has 1 aliphatic heterocycles. The first-order valence-electron chi connectivity index (χ1n) is 7.22. The van der Waals surface area contributed by atoms with Gasteiger partial charge in [-0.05, 0) is 17.7 Å². The molecule has 0 radical (unpaired) electrons. The molecule has 0 saturated carbocycles. The SMILES string of the molecule is CN1C(C(N)=O)=C(OCc2ccccc2)c2ccccc2S1(=O)=O. The number of hydrogen-bond donors (Lipinski definition) is 1. The third kappa shape index (κ3) is 2.63. The number of likely N-dealkylation sites (N-methyl/N-ethyl adjacent to an activating group) is 1. The van der Waals surface area contributed by atoms with Crippen LogP contribution in [0, 0.1) is 0 Å². The third-order valence-electron chi connectivity index (χ3n) is 3.76. The summed E-state index contributed by atoms with van der Waals surface area (Å²) in [5.41, 5.74) is 6.46. The minimum atomic E-state index is -3.84. The molecule has 0 bridgehead atoms. The number of nitrogens with two attached hydrogens (primary N) is 1. The third-order valence-corrected chi connectivity index (χ3v) is 5.57. The van der Waals surface area contributed by atoms with Crippen LogP contribution in [0.2, 0.25) is 0 Å². The normalized spacial score (nSPS) is 15.8. The Morgan fingerprint density at radius 2 is 1.71 bits per heavy atom. The molecule has 6 nitrogen and oxygen atoms in total. The van der Waals surface area contributed by atoms with E-state index < -0.39 is 15.9 Å². The van der Waals surface area contributed by atoms with Gasteiger partial charge >= 0.3 is 0 Å². The largest absolute Gasteiger partial charge is 0.486 e. The number of carbonyl (C=O) groups excluding carboxylic acids is 1. The summed E-state index contributed by atoms with van der Waals surface area (Å²) >= 11 is 0. The molecule has 3 rings (SSSR count). The molecule has 2 aromatic rings. The lowest BCUT2D eigenvalue weighted by Gasteiger charge is -2.29. The Morgan fingerprint density at radius 1 is 1.08 bits per heavy atom. The Morgan fingerprint density at radius 3 is 2.38 bits per heavy atom. The number of rotatable bonds is 4. The Balaban J connectivity index is 2.11. The number of primary amides is 1. The van der Waals surface area contributed by atoms with Gasteiger partial charge in [0.2, 0.25) is 0 Å². The highest BCUT2D eigenvalue weighted by atomic mass is 32.2. The predicted molar refractivity (Wildman–Crippen MR) is 88.7 cm³/mol. The number of nitrogens with zero attached hydrogens (tertiary/aromatic N) is 1. The van der Waals surface area contributed by atoms with Gasteiger partial charge in [0.1, 0.15) is 6.61 Å². The maximum Gasteiger partial charge on any atom is 0.269 e. The second-order valence-electron chi connectivity index (χ2n) is 5.28. The van der Waals surface area contributed by atoms with Crippen molar-refractivity contribution in [2.45, 2.75) is 11.5 Å². The van der Waals surface area contributed by atoms with E-state index >= 15 is 0 Å². The molecule has 0 fully saturated rings. The lowest BCUT2D eigenvalue weighted by molar-refractivity contribution is -0.115. The summed E-state index contributed by atoms with van der Waals surface area (Å²) in [6, 6.07) is 15.8. The zero-order valence-electron chi connectivity index (χ0n) is 13.0. The standard InChI is InChI=1S/C17H16N2O4S/c1-19-15(17(18)20)16(23-11-12-7-3-2-4-8-12)13-9-5-6-10-14(13)24(19,21)22/h2-10H,11H2,1H3,(H2,18,20). The summed E-state index contributed by atoms with van der Waals surface area (Å²) in [6.45, 7) is 0.190. The number of carbonyl (C=O) groups is 1. The Labute approximate surface area is 140 Å². The van der Waals surface area contributed by atoms with Crippen molar-refractivity contribution in [2.75, 3.05) is 7.05 Å². The van der Waals surface area contributed by atoms with Crippen molar-refractivity contribution in [3.05, 3.63) is 71.4 Å². The minimum Gasteiger partial charge on any atom is -0.486 e. The average Bonchev–Trinajstić information content (AvgIpc) is 2.57. The van der Waals surface area contributed by atoms with E-state index in [4.69, 9.17) is 10.5 Å². The zero-order valence-corrected chi connectivity index (χ0v) is 13.8. The molecule has 1 heterocycles. The van der Waals surface area contributed by atoms with Gasteiger partial charge in [-0.15, -0.1) is 0 Å². The first-order chi connectivity index (χ1) is 11.4. The van der Waals surface area contributed by atoms with Gasteiger partial charge in [-0.25, -0.2) is 8.42 Å². The summed E-state index contributed by atoms with van der Waals surface area (Å²) in [7, 11) is -2.55. The van der Waals surface area contributed by atoms with Crippen LogP contribution in [0.1, 0.15) is 11.1 Å². The number of sulfonamides is 1. The number of fused-ring (bicyclic) bond motifs is 1. The van der Waals surface area contributed by atoms with Crippen LogP contribution in [0.15, 0.2) is 65.2 Å². The number of ether oxygens (including phenoxy) is 1. The fraction of sp³-hybridized carbons (Fsp3) is 0.118. The maximum atomic E-state index is 12.6. The van der Waals surface area contributed by atoms with E-state index in [-0.39, 0.29) is 23.0 Å². The molecule has 0 saturated heterocycles. The monoisotopic (exact) mass is 344 g/mol. The van der Waals surface area contributed by atoms with Crippen LogP contribution in [0.25, 0.3) is 5.76 Å². The van der Waals surface area contributed by atoms with Gasteiger partial charge in [0, 0.05) is 12.6 Å². The number of hydrogen-bond acceptors (Lipinski definition) is 4. The first kappa shape index (κ1) is 16.1. The fourth-order valence-electron chi connectivity index (χ4n) is 2.56. The molecule has 7 heteroatoms. The highest BCUT2D eigenvalue weighted by Gasteiger charge is 2.37. The van der Waals surface area contributed by atoms with Crippen molar-refractivity contribution >= 4 is 21.7 Å². The summed E-state index contributed by atoms with van der Waals surface area (Å²) in [6.07, 6.45) is 0. The molecule has 24 heavy (non-hydrogen) atoms. The Kier molecular flexibility index (Phi) is 4.02. The van der Waals surface area contributed by atoms with Gasteiger partial charge in [-0.3, -0.25) is 9.10 Å². The zero-order chi connectivity index (χ0) is 17.3. The summed E-state index contributed by atoms with van der Waals surface area (Å²) < 4.78 is 31.8. The molecule has 2 N–H and O–H groups in total. The Hall–Kier alpha value is -2.80. The van der Waals surface area contributed by atoms with Crippen molar-refractivity contribution < 1.29 is 17.9 Å². The van der Waals surface area contributed by atoms with E-state index in [9.17, 15) is 13.2 Å². The van der Waals surface area contributed by atoms with Crippen molar-refractivity contribution in [1.29, 1.82) is 0 Å². The van der Waals surface area contributed by atoms with Crippen molar-refractivity contribution in [3.63, 3.8) is 0 Å². The highest BCUT2D eigenvalue weighted by Crippen LogP contribution is 2.36. The van der Waals surface area contributed by atoms with Crippen molar-refractivity contribution in [2.24, 2.45) is 5.73 Å². The smallest absolute Gasteiger partial charge is 0.269 e. The summed E-state index contributed by atoms with van der Waals surface area (Å²) in [5.74, 6) is -0.696. The highest BCUT2D eigenvalue weighted by molar-refractivity contribution is 7.89. The van der Waals surface area contributed by atoms with Crippen LogP contribution in [-0.4, -0.2) is 25.7 Å². The van der Waals surface area contributed by atoms with Crippen molar-refractivity contribution in [1.82, 2.24) is 4.31 Å². The molecular weight excluding hydrogens is 328 g/mol. The second kappa shape index (κ2) is 6.01. The fourth-order valence-corrected chi connectivity index (χ4v) is 3.96. The quantitative estimate of drug-likeness (QED) is 0.914. The molecular formula is C17H16N2O4S. The average molecular weight is 344 g/mol. The number of benzene rings is 2. The molecule has 0 aromatic heterocycles.